The fourth-order valence-electron chi connectivity index (χ4n) is 7.33. The van der Waals surface area contributed by atoms with Gasteiger partial charge in [-0.15, -0.1) is 0 Å². The topological polar surface area (TPSA) is 85.7 Å². The van der Waals surface area contributed by atoms with E-state index in [0.29, 0.717) is 5.57 Å². The molecule has 0 saturated heterocycles. The molecule has 274 valence electrons. The highest BCUT2D eigenvalue weighted by Gasteiger charge is 2.51. The van der Waals surface area contributed by atoms with Crippen molar-refractivity contribution in [2.45, 2.75) is 64.0 Å². The minimum Gasteiger partial charge on any atom is -0.481 e. The summed E-state index contributed by atoms with van der Waals surface area (Å²) >= 11 is 0. The van der Waals surface area contributed by atoms with E-state index in [9.17, 15) is 18.9 Å². The number of carboxylic acids is 1. The van der Waals surface area contributed by atoms with Crippen molar-refractivity contribution in [3.63, 3.8) is 0 Å². The van der Waals surface area contributed by atoms with Crippen molar-refractivity contribution in [2.75, 3.05) is 12.8 Å². The summed E-state index contributed by atoms with van der Waals surface area (Å²) in [5.41, 5.74) is 6.84. The molecule has 0 amide bonds. The molecule has 6 rings (SSSR count). The molecule has 1 aromatic heterocycles. The third-order valence-electron chi connectivity index (χ3n) is 9.93. The Morgan fingerprint density at radius 2 is 1.45 bits per heavy atom. The Labute approximate surface area is 313 Å². The van der Waals surface area contributed by atoms with Gasteiger partial charge in [-0.3, -0.25) is 14.3 Å². The maximum Gasteiger partial charge on any atom is 0.305 e. The van der Waals surface area contributed by atoms with Crippen molar-refractivity contribution in [3.05, 3.63) is 144 Å². The molecule has 1 saturated carbocycles. The average Bonchev–Trinajstić information content (AvgIpc) is 3.99. The van der Waals surface area contributed by atoms with Crippen LogP contribution in [0.3, 0.4) is 0 Å². The molecule has 1 fully saturated rings. The first kappa shape index (κ1) is 38.3. The number of pyridine rings is 1. The summed E-state index contributed by atoms with van der Waals surface area (Å²) in [5.74, 6) is -1.13. The predicted octanol–water partition coefficient (Wildman–Crippen LogP) is 9.66. The molecular formula is C44H47FNO5PSi. The predicted molar refractivity (Wildman–Crippen MR) is 215 cm³/mol. The van der Waals surface area contributed by atoms with Crippen molar-refractivity contribution in [3.8, 4) is 22.4 Å². The van der Waals surface area contributed by atoms with E-state index >= 15 is 0 Å². The summed E-state index contributed by atoms with van der Waals surface area (Å²) in [5, 5.41) is 11.7. The Morgan fingerprint density at radius 1 is 0.906 bits per heavy atom. The van der Waals surface area contributed by atoms with Crippen LogP contribution >= 0.6 is 8.03 Å². The van der Waals surface area contributed by atoms with Crippen LogP contribution in [0, 0.1) is 12.7 Å². The summed E-state index contributed by atoms with van der Waals surface area (Å²) < 4.78 is 41.3. The molecule has 2 atom stereocenters. The largest absolute Gasteiger partial charge is 0.481 e. The molecule has 1 aliphatic carbocycles. The molecule has 9 heteroatoms. The van der Waals surface area contributed by atoms with Crippen molar-refractivity contribution in [1.29, 1.82) is 0 Å². The van der Waals surface area contributed by atoms with Gasteiger partial charge < -0.3 is 14.1 Å². The first-order chi connectivity index (χ1) is 25.4. The Morgan fingerprint density at radius 3 is 1.96 bits per heavy atom. The summed E-state index contributed by atoms with van der Waals surface area (Å²) in [6, 6.07) is 36.4. The smallest absolute Gasteiger partial charge is 0.305 e. The van der Waals surface area contributed by atoms with Gasteiger partial charge in [0.25, 0.3) is 8.32 Å². The second kappa shape index (κ2) is 16.3. The van der Waals surface area contributed by atoms with E-state index in [4.69, 9.17) is 13.9 Å². The summed E-state index contributed by atoms with van der Waals surface area (Å²) in [4.78, 5) is 17.5. The zero-order chi connectivity index (χ0) is 37.8. The van der Waals surface area contributed by atoms with E-state index in [1.54, 1.807) is 12.1 Å². The highest BCUT2D eigenvalue weighted by Crippen LogP contribution is 2.48. The van der Waals surface area contributed by atoms with Gasteiger partial charge in [0.2, 0.25) is 0 Å². The van der Waals surface area contributed by atoms with E-state index in [2.05, 4.69) is 27.4 Å². The highest BCUT2D eigenvalue weighted by atomic mass is 31.1. The number of halogens is 1. The van der Waals surface area contributed by atoms with E-state index in [1.807, 2.05) is 97.9 Å². The molecular weight excluding hydrogens is 701 g/mol. The second-order valence-corrected chi connectivity index (χ2v) is 20.5. The lowest BCUT2D eigenvalue weighted by Gasteiger charge is -2.45. The van der Waals surface area contributed by atoms with Crippen LogP contribution in [0.4, 0.5) is 4.39 Å². The standard InChI is InChI=1S/C44H47FNO5PSi/c1-30(40-41(32-23-25-35(45)26-24-32)31(2)42(33-15-9-6-10-16-33)46-43(40)34-21-22-34)28-50-52(49)29-36(27-39(47)48)51-53(44(3,4)5,37-17-11-7-12-18-37)38-19-13-8-14-20-38/h6-20,23-26,34,36,52H,1,21-22,27-29H2,2-5H3,(H,47,48). The molecule has 0 spiro atoms. The second-order valence-electron chi connectivity index (χ2n) is 14.8. The third kappa shape index (κ3) is 8.52. The number of aromatic nitrogens is 1. The maximum absolute atomic E-state index is 14.2. The fraction of sp³-hybridized carbons (Fsp3) is 0.273. The van der Waals surface area contributed by atoms with Gasteiger partial charge >= 0.3 is 5.97 Å². The fourth-order valence-corrected chi connectivity index (χ4v) is 13.2. The third-order valence-corrected chi connectivity index (χ3v) is 16.3. The monoisotopic (exact) mass is 747 g/mol. The molecule has 4 aromatic carbocycles. The van der Waals surface area contributed by atoms with Gasteiger partial charge in [-0.1, -0.05) is 130 Å². The number of carbonyl (C=O) groups is 1. The number of aliphatic carboxylic acids is 1. The van der Waals surface area contributed by atoms with Crippen LogP contribution in [0.2, 0.25) is 5.04 Å². The zero-order valence-electron chi connectivity index (χ0n) is 30.8. The van der Waals surface area contributed by atoms with Crippen LogP contribution in [-0.2, 0) is 18.3 Å². The van der Waals surface area contributed by atoms with Crippen molar-refractivity contribution in [1.82, 2.24) is 4.98 Å². The van der Waals surface area contributed by atoms with E-state index < -0.39 is 33.5 Å². The Bertz CT molecular complexity index is 2040. The Hall–Kier alpha value is -4.46. The van der Waals surface area contributed by atoms with Crippen LogP contribution < -0.4 is 10.4 Å². The molecule has 0 aliphatic heterocycles. The van der Waals surface area contributed by atoms with Gasteiger partial charge in [0.1, 0.15) is 5.82 Å². The van der Waals surface area contributed by atoms with Gasteiger partial charge in [-0.25, -0.2) is 4.39 Å². The molecule has 53 heavy (non-hydrogen) atoms. The highest BCUT2D eigenvalue weighted by molar-refractivity contribution is 7.39. The maximum atomic E-state index is 14.2. The number of rotatable bonds is 15. The van der Waals surface area contributed by atoms with Gasteiger partial charge in [-0.2, -0.15) is 0 Å². The van der Waals surface area contributed by atoms with Crippen LogP contribution in [-0.4, -0.2) is 43.2 Å². The van der Waals surface area contributed by atoms with Crippen molar-refractivity contribution >= 4 is 38.3 Å². The lowest BCUT2D eigenvalue weighted by Crippen LogP contribution is -2.68. The van der Waals surface area contributed by atoms with Crippen LogP contribution in [0.15, 0.2) is 122 Å². The van der Waals surface area contributed by atoms with E-state index in [-0.39, 0.29) is 30.9 Å². The zero-order valence-corrected chi connectivity index (χ0v) is 32.8. The SMILES string of the molecule is C=C(CO[PH](=O)CC(CC(=O)O)O[Si](c1ccccc1)(c1ccccc1)C(C)(C)C)c1c(C2CC2)nc(-c2ccccc2)c(C)c1-c1ccc(F)cc1. The number of benzene rings is 4. The summed E-state index contributed by atoms with van der Waals surface area (Å²) in [7, 11) is -5.96. The number of hydrogen-bond acceptors (Lipinski definition) is 5. The molecule has 1 N–H and O–H groups in total. The van der Waals surface area contributed by atoms with Crippen molar-refractivity contribution < 1.29 is 27.8 Å². The van der Waals surface area contributed by atoms with Crippen LogP contribution in [0.1, 0.15) is 62.8 Å². The number of nitrogens with zero attached hydrogens (tertiary/aromatic N) is 1. The summed E-state index contributed by atoms with van der Waals surface area (Å²) in [6.45, 7) is 12.8. The molecule has 5 aromatic rings. The molecule has 1 aliphatic rings. The average molecular weight is 748 g/mol. The molecule has 1 heterocycles. The lowest BCUT2D eigenvalue weighted by atomic mass is 9.87. The normalized spacial score (nSPS) is 14.4. The Balaban J connectivity index is 1.32. The molecule has 0 bridgehead atoms. The molecule has 0 radical (unpaired) electrons. The van der Waals surface area contributed by atoms with E-state index in [0.717, 1.165) is 62.4 Å². The van der Waals surface area contributed by atoms with Gasteiger partial charge in [-0.05, 0) is 69.6 Å². The number of hydrogen-bond donors (Lipinski definition) is 1. The molecule has 2 unspecified atom stereocenters. The minimum absolute atomic E-state index is 0.0451. The van der Waals surface area contributed by atoms with Crippen LogP contribution in [0.25, 0.3) is 28.0 Å². The quantitative estimate of drug-likeness (QED) is 0.0849. The van der Waals surface area contributed by atoms with Crippen LogP contribution in [0.5, 0.6) is 0 Å². The van der Waals surface area contributed by atoms with Gasteiger partial charge in [0.15, 0.2) is 8.03 Å². The Kier molecular flexibility index (Phi) is 11.8. The first-order valence-electron chi connectivity index (χ1n) is 18.1. The molecule has 6 nitrogen and oxygen atoms in total. The van der Waals surface area contributed by atoms with E-state index in [1.165, 1.54) is 12.1 Å². The lowest BCUT2D eigenvalue weighted by molar-refractivity contribution is -0.138. The number of carboxylic acid groups (broad SMARTS) is 1. The summed E-state index contributed by atoms with van der Waals surface area (Å²) in [6.07, 6.45) is 0.710. The minimum atomic E-state index is -3.14. The first-order valence-corrected chi connectivity index (χ1v) is 21.5. The van der Waals surface area contributed by atoms with Gasteiger partial charge in [0.05, 0.1) is 30.5 Å². The van der Waals surface area contributed by atoms with Crippen molar-refractivity contribution in [2.24, 2.45) is 0 Å². The van der Waals surface area contributed by atoms with Gasteiger partial charge in [0, 0.05) is 23.2 Å².